The average molecular weight is 377 g/mol. The maximum atomic E-state index is 12.4. The van der Waals surface area contributed by atoms with E-state index in [2.05, 4.69) is 29.3 Å². The van der Waals surface area contributed by atoms with Gasteiger partial charge in [0.15, 0.2) is 9.84 Å². The highest BCUT2D eigenvalue weighted by Crippen LogP contribution is 2.20. The first-order valence-corrected chi connectivity index (χ1v) is 10.4. The van der Waals surface area contributed by atoms with Crippen molar-refractivity contribution < 1.29 is 13.2 Å². The van der Waals surface area contributed by atoms with Crippen molar-refractivity contribution in [2.45, 2.75) is 38.8 Å². The van der Waals surface area contributed by atoms with Crippen LogP contribution in [0, 0.1) is 0 Å². The number of carbonyl (C=O) groups excluding carboxylic acids is 1. The van der Waals surface area contributed by atoms with E-state index >= 15 is 0 Å². The van der Waals surface area contributed by atoms with Gasteiger partial charge in [-0.25, -0.2) is 8.42 Å². The van der Waals surface area contributed by atoms with Crippen molar-refractivity contribution in [3.8, 4) is 11.4 Å². The zero-order valence-corrected chi connectivity index (χ0v) is 16.0. The number of sulfone groups is 1. The first-order chi connectivity index (χ1) is 12.2. The molecule has 8 nitrogen and oxygen atoms in total. The third-order valence-corrected chi connectivity index (χ3v) is 6.46. The summed E-state index contributed by atoms with van der Waals surface area (Å²) in [5.41, 5.74) is 2.06. The molecule has 0 aliphatic carbocycles. The molecule has 1 fully saturated rings. The summed E-state index contributed by atoms with van der Waals surface area (Å²) in [6.45, 7) is 4.19. The molecule has 2 aromatic rings. The van der Waals surface area contributed by atoms with Gasteiger partial charge in [0.1, 0.15) is 6.54 Å². The molecule has 0 unspecified atom stereocenters. The highest BCUT2D eigenvalue weighted by Gasteiger charge is 2.32. The van der Waals surface area contributed by atoms with Gasteiger partial charge >= 0.3 is 0 Å². The van der Waals surface area contributed by atoms with Crippen LogP contribution in [0.2, 0.25) is 0 Å². The highest BCUT2D eigenvalue weighted by molar-refractivity contribution is 7.91. The zero-order chi connectivity index (χ0) is 18.9. The van der Waals surface area contributed by atoms with E-state index in [-0.39, 0.29) is 30.0 Å². The number of hydrogen-bond donors (Lipinski definition) is 0. The van der Waals surface area contributed by atoms with Crippen LogP contribution < -0.4 is 0 Å². The molecule has 1 atom stereocenters. The van der Waals surface area contributed by atoms with Crippen molar-refractivity contribution in [2.24, 2.45) is 0 Å². The Hall–Kier alpha value is -2.29. The Kier molecular flexibility index (Phi) is 5.08. The van der Waals surface area contributed by atoms with E-state index in [9.17, 15) is 13.2 Å². The fourth-order valence-electron chi connectivity index (χ4n) is 2.96. The normalized spacial score (nSPS) is 19.0. The summed E-state index contributed by atoms with van der Waals surface area (Å²) in [4.78, 5) is 15.1. The molecule has 0 spiro atoms. The molecule has 0 saturated carbocycles. The highest BCUT2D eigenvalue weighted by atomic mass is 32.2. The molecule has 1 saturated heterocycles. The summed E-state index contributed by atoms with van der Waals surface area (Å²) in [6.07, 6.45) is 0.475. The monoisotopic (exact) mass is 377 g/mol. The Balaban J connectivity index is 1.65. The quantitative estimate of drug-likeness (QED) is 0.774. The largest absolute Gasteiger partial charge is 0.340 e. The second-order valence-corrected chi connectivity index (χ2v) is 9.21. The first kappa shape index (κ1) is 18.5. The predicted molar refractivity (Wildman–Crippen MR) is 97.2 cm³/mol. The molecular weight excluding hydrogens is 354 g/mol. The number of aromatic nitrogens is 4. The second-order valence-electron chi connectivity index (χ2n) is 6.98. The topological polar surface area (TPSA) is 98.0 Å². The standard InChI is InChI=1S/C17H23N5O3S/c1-12(2)13-4-6-14(7-5-13)17-18-20-22(19-17)10-16(23)21(3)15-8-9-26(24,25)11-15/h4-7,12,15H,8-11H2,1-3H3/t15-/m0/s1. The van der Waals surface area contributed by atoms with Gasteiger partial charge in [-0.2, -0.15) is 4.80 Å². The fraction of sp³-hybridized carbons (Fsp3) is 0.529. The number of hydrogen-bond acceptors (Lipinski definition) is 6. The Morgan fingerprint density at radius 1 is 1.31 bits per heavy atom. The van der Waals surface area contributed by atoms with Crippen molar-refractivity contribution >= 4 is 15.7 Å². The van der Waals surface area contributed by atoms with Crippen molar-refractivity contribution in [3.63, 3.8) is 0 Å². The van der Waals surface area contributed by atoms with Crippen LogP contribution in [-0.4, -0.2) is 64.0 Å². The van der Waals surface area contributed by atoms with Crippen LogP contribution in [0.1, 0.15) is 31.7 Å². The molecule has 1 amide bonds. The third kappa shape index (κ3) is 4.09. The third-order valence-electron chi connectivity index (χ3n) is 4.71. The average Bonchev–Trinajstić information content (AvgIpc) is 3.20. The van der Waals surface area contributed by atoms with Crippen LogP contribution in [0.15, 0.2) is 24.3 Å². The lowest BCUT2D eigenvalue weighted by molar-refractivity contribution is -0.132. The van der Waals surface area contributed by atoms with Crippen LogP contribution >= 0.6 is 0 Å². The summed E-state index contributed by atoms with van der Waals surface area (Å²) in [7, 11) is -1.41. The SMILES string of the molecule is CC(C)c1ccc(-c2nnn(CC(=O)N(C)[C@H]3CCS(=O)(=O)C3)n2)cc1. The molecule has 1 aromatic carbocycles. The van der Waals surface area contributed by atoms with E-state index in [0.717, 1.165) is 5.56 Å². The van der Waals surface area contributed by atoms with Crippen molar-refractivity contribution in [2.75, 3.05) is 18.6 Å². The van der Waals surface area contributed by atoms with E-state index in [4.69, 9.17) is 0 Å². The number of likely N-dealkylation sites (N-methyl/N-ethyl adjacent to an activating group) is 1. The van der Waals surface area contributed by atoms with E-state index < -0.39 is 9.84 Å². The number of amides is 1. The van der Waals surface area contributed by atoms with Crippen molar-refractivity contribution in [3.05, 3.63) is 29.8 Å². The molecule has 1 aromatic heterocycles. The maximum absolute atomic E-state index is 12.4. The number of benzene rings is 1. The number of rotatable bonds is 5. The van der Waals surface area contributed by atoms with E-state index in [1.165, 1.54) is 15.3 Å². The van der Waals surface area contributed by atoms with Crippen LogP contribution in [0.4, 0.5) is 0 Å². The minimum absolute atomic E-state index is 0.0213. The summed E-state index contributed by atoms with van der Waals surface area (Å²) in [6, 6.07) is 7.65. The zero-order valence-electron chi connectivity index (χ0n) is 15.2. The Morgan fingerprint density at radius 2 is 2.00 bits per heavy atom. The molecule has 0 bridgehead atoms. The lowest BCUT2D eigenvalue weighted by atomic mass is 10.0. The Labute approximate surface area is 153 Å². The van der Waals surface area contributed by atoms with Gasteiger partial charge in [0.05, 0.1) is 11.5 Å². The van der Waals surface area contributed by atoms with Crippen LogP contribution in [0.25, 0.3) is 11.4 Å². The molecule has 0 N–H and O–H groups in total. The number of nitrogens with zero attached hydrogens (tertiary/aromatic N) is 5. The lowest BCUT2D eigenvalue weighted by Crippen LogP contribution is -2.40. The molecule has 9 heteroatoms. The molecule has 3 rings (SSSR count). The van der Waals surface area contributed by atoms with Gasteiger partial charge in [-0.1, -0.05) is 38.1 Å². The van der Waals surface area contributed by atoms with Crippen LogP contribution in [0.3, 0.4) is 0 Å². The summed E-state index contributed by atoms with van der Waals surface area (Å²) >= 11 is 0. The van der Waals surface area contributed by atoms with E-state index in [0.29, 0.717) is 18.2 Å². The van der Waals surface area contributed by atoms with Gasteiger partial charge in [0, 0.05) is 18.7 Å². The molecule has 2 heterocycles. The Bertz CT molecular complexity index is 889. The van der Waals surface area contributed by atoms with Gasteiger partial charge < -0.3 is 4.90 Å². The molecule has 0 radical (unpaired) electrons. The molecule has 1 aliphatic rings. The number of carbonyl (C=O) groups is 1. The van der Waals surface area contributed by atoms with E-state index in [1.807, 2.05) is 24.3 Å². The summed E-state index contributed by atoms with van der Waals surface area (Å²) < 4.78 is 23.1. The predicted octanol–water partition coefficient (Wildman–Crippen LogP) is 1.11. The lowest BCUT2D eigenvalue weighted by Gasteiger charge is -2.22. The first-order valence-electron chi connectivity index (χ1n) is 8.59. The molecule has 140 valence electrons. The van der Waals surface area contributed by atoms with Crippen LogP contribution in [-0.2, 0) is 21.2 Å². The molecular formula is C17H23N5O3S. The van der Waals surface area contributed by atoms with Gasteiger partial charge in [-0.05, 0) is 23.1 Å². The van der Waals surface area contributed by atoms with Crippen molar-refractivity contribution in [1.29, 1.82) is 0 Å². The second kappa shape index (κ2) is 7.14. The van der Waals surface area contributed by atoms with Crippen molar-refractivity contribution in [1.82, 2.24) is 25.1 Å². The smallest absolute Gasteiger partial charge is 0.246 e. The van der Waals surface area contributed by atoms with E-state index in [1.54, 1.807) is 7.05 Å². The maximum Gasteiger partial charge on any atom is 0.246 e. The summed E-state index contributed by atoms with van der Waals surface area (Å²) in [5, 5.41) is 12.2. The van der Waals surface area contributed by atoms with Gasteiger partial charge in [-0.15, -0.1) is 10.2 Å². The summed E-state index contributed by atoms with van der Waals surface area (Å²) in [5.74, 6) is 0.826. The molecule has 26 heavy (non-hydrogen) atoms. The molecule has 1 aliphatic heterocycles. The Morgan fingerprint density at radius 3 is 2.58 bits per heavy atom. The van der Waals surface area contributed by atoms with Crippen LogP contribution in [0.5, 0.6) is 0 Å². The fourth-order valence-corrected chi connectivity index (χ4v) is 4.73. The number of tetrazole rings is 1. The van der Waals surface area contributed by atoms with Gasteiger partial charge in [-0.3, -0.25) is 4.79 Å². The minimum Gasteiger partial charge on any atom is -0.340 e. The van der Waals surface area contributed by atoms with Gasteiger partial charge in [0.2, 0.25) is 11.7 Å². The van der Waals surface area contributed by atoms with Gasteiger partial charge in [0.25, 0.3) is 0 Å². The minimum atomic E-state index is -3.03.